The molecular weight excluding hydrogens is 147 g/mol. The first-order valence-corrected chi connectivity index (χ1v) is 2.84. The van der Waals surface area contributed by atoms with Gasteiger partial charge in [-0.2, -0.15) is 0 Å². The Morgan fingerprint density at radius 1 is 1.40 bits per heavy atom. The Morgan fingerprint density at radius 2 is 2.00 bits per heavy atom. The fourth-order valence-corrected chi connectivity index (χ4v) is 0.828. The first kappa shape index (κ1) is 10.8. The summed E-state index contributed by atoms with van der Waals surface area (Å²) in [4.78, 5) is 0. The van der Waals surface area contributed by atoms with Crippen molar-refractivity contribution in [3.8, 4) is 0 Å². The first-order valence-electron chi connectivity index (χ1n) is 2.84. The first-order chi connectivity index (χ1) is 4.25. The second-order valence-corrected chi connectivity index (χ2v) is 2.11. The molecule has 0 bridgehead atoms. The molecule has 1 rings (SSSR count). The molecule has 5 heteroatoms. The molecule has 0 amide bonds. The monoisotopic (exact) mass is 158 g/mol. The number of hydrogen-bond acceptors (Lipinski definition) is 4. The van der Waals surface area contributed by atoms with Gasteiger partial charge < -0.3 is 20.1 Å². The van der Waals surface area contributed by atoms with E-state index in [-0.39, 0.29) is 42.8 Å². The van der Waals surface area contributed by atoms with Gasteiger partial charge in [0.05, 0.1) is 13.2 Å². The van der Waals surface area contributed by atoms with Crippen molar-refractivity contribution in [2.45, 2.75) is 18.3 Å². The van der Waals surface area contributed by atoms with Crippen molar-refractivity contribution >= 4 is 29.6 Å². The quantitative estimate of drug-likeness (QED) is 0.367. The summed E-state index contributed by atoms with van der Waals surface area (Å²) in [5, 5.41) is 26.2. The maximum absolute atomic E-state index is 8.92. The molecule has 4 nitrogen and oxygen atoms in total. The summed E-state index contributed by atoms with van der Waals surface area (Å²) in [6, 6.07) is 0. The summed E-state index contributed by atoms with van der Waals surface area (Å²) in [6.45, 7) is -0.120. The van der Waals surface area contributed by atoms with E-state index in [1.165, 1.54) is 0 Å². The van der Waals surface area contributed by atoms with Gasteiger partial charge in [0.15, 0.2) is 0 Å². The average molecular weight is 158 g/mol. The van der Waals surface area contributed by atoms with Gasteiger partial charge in [0.2, 0.25) is 0 Å². The van der Waals surface area contributed by atoms with Crippen LogP contribution in [0.15, 0.2) is 0 Å². The molecule has 3 atom stereocenters. The van der Waals surface area contributed by atoms with Crippen LogP contribution in [0.25, 0.3) is 0 Å². The van der Waals surface area contributed by atoms with Crippen molar-refractivity contribution in [1.29, 1.82) is 0 Å². The molecule has 3 N–H and O–H groups in total. The van der Waals surface area contributed by atoms with E-state index in [4.69, 9.17) is 20.1 Å². The van der Waals surface area contributed by atoms with Gasteiger partial charge in [-0.1, -0.05) is 0 Å². The van der Waals surface area contributed by atoms with Crippen molar-refractivity contribution in [2.75, 3.05) is 13.2 Å². The summed E-state index contributed by atoms with van der Waals surface area (Å²) >= 11 is 0. The van der Waals surface area contributed by atoms with Gasteiger partial charge in [0.1, 0.15) is 18.3 Å². The van der Waals surface area contributed by atoms with E-state index in [1.54, 1.807) is 0 Å². The second-order valence-electron chi connectivity index (χ2n) is 2.11. The van der Waals surface area contributed by atoms with Crippen LogP contribution in [0.1, 0.15) is 0 Å². The predicted octanol–water partition coefficient (Wildman–Crippen LogP) is -2.55. The van der Waals surface area contributed by atoms with Gasteiger partial charge >= 0.3 is 29.6 Å². The van der Waals surface area contributed by atoms with Crippen molar-refractivity contribution in [2.24, 2.45) is 0 Å². The van der Waals surface area contributed by atoms with Crippen molar-refractivity contribution in [3.05, 3.63) is 0 Å². The Morgan fingerprint density at radius 3 is 2.20 bits per heavy atom. The number of ether oxygens (including phenoxy) is 1. The molecular formula is C5H11NaO4. The minimum atomic E-state index is -0.921. The molecule has 0 saturated carbocycles. The van der Waals surface area contributed by atoms with Crippen molar-refractivity contribution in [1.82, 2.24) is 0 Å². The zero-order valence-electron chi connectivity index (χ0n) is 4.90. The summed E-state index contributed by atoms with van der Waals surface area (Å²) < 4.78 is 4.78. The van der Waals surface area contributed by atoms with Crippen LogP contribution in [0, 0.1) is 0 Å². The van der Waals surface area contributed by atoms with Crippen LogP contribution in [0.5, 0.6) is 0 Å². The molecule has 1 saturated heterocycles. The van der Waals surface area contributed by atoms with E-state index < -0.39 is 18.3 Å². The third kappa shape index (κ3) is 2.17. The Bertz CT molecular complexity index is 99.6. The maximum atomic E-state index is 8.92. The molecule has 56 valence electrons. The van der Waals surface area contributed by atoms with E-state index in [0.29, 0.717) is 0 Å². The molecule has 1 aliphatic heterocycles. The Labute approximate surface area is 81.1 Å². The fourth-order valence-electron chi connectivity index (χ4n) is 0.828. The minimum absolute atomic E-state index is 0. The van der Waals surface area contributed by atoms with Crippen LogP contribution in [0.3, 0.4) is 0 Å². The standard InChI is InChI=1S/C5H10O4.Na.H/c6-1-4-5(8)3(7)2-9-4;;/h3-8H,1-2H2;;/t3-,4+,5-;;/m0../s1. The third-order valence-electron chi connectivity index (χ3n) is 1.44. The zero-order valence-corrected chi connectivity index (χ0v) is 4.90. The number of hydrogen-bond donors (Lipinski definition) is 3. The fraction of sp³-hybridized carbons (Fsp3) is 1.00. The summed E-state index contributed by atoms with van der Waals surface area (Å²) in [6.07, 6.45) is -2.35. The van der Waals surface area contributed by atoms with Gasteiger partial charge in [-0.05, 0) is 0 Å². The molecule has 0 radical (unpaired) electrons. The Kier molecular flexibility index (Phi) is 5.06. The van der Waals surface area contributed by atoms with Gasteiger partial charge in [0, 0.05) is 0 Å². The summed E-state index contributed by atoms with van der Waals surface area (Å²) in [5.74, 6) is 0. The topological polar surface area (TPSA) is 69.9 Å². The van der Waals surface area contributed by atoms with Crippen LogP contribution in [0.4, 0.5) is 0 Å². The SMILES string of the molecule is OC[C@H]1OC[C@H](O)[C@@H]1O.[NaH]. The van der Waals surface area contributed by atoms with Crippen LogP contribution in [-0.4, -0.2) is 76.4 Å². The van der Waals surface area contributed by atoms with E-state index in [1.807, 2.05) is 0 Å². The van der Waals surface area contributed by atoms with Crippen LogP contribution >= 0.6 is 0 Å². The molecule has 10 heavy (non-hydrogen) atoms. The number of aliphatic hydroxyl groups excluding tert-OH is 3. The Balaban J connectivity index is 0.000000810. The molecule has 0 unspecified atom stereocenters. The van der Waals surface area contributed by atoms with Gasteiger partial charge in [-0.25, -0.2) is 0 Å². The van der Waals surface area contributed by atoms with Gasteiger partial charge in [-0.3, -0.25) is 0 Å². The van der Waals surface area contributed by atoms with Crippen LogP contribution < -0.4 is 0 Å². The molecule has 0 aliphatic carbocycles. The van der Waals surface area contributed by atoms with Crippen molar-refractivity contribution < 1.29 is 20.1 Å². The van der Waals surface area contributed by atoms with Crippen LogP contribution in [-0.2, 0) is 4.74 Å². The van der Waals surface area contributed by atoms with Crippen molar-refractivity contribution in [3.63, 3.8) is 0 Å². The van der Waals surface area contributed by atoms with Crippen LogP contribution in [0.2, 0.25) is 0 Å². The molecule has 1 heterocycles. The molecule has 0 spiro atoms. The average Bonchev–Trinajstić information content (AvgIpc) is 2.15. The molecule has 1 aliphatic rings. The third-order valence-corrected chi connectivity index (χ3v) is 1.44. The molecule has 1 fully saturated rings. The summed E-state index contributed by atoms with van der Waals surface area (Å²) in [5.41, 5.74) is 0. The summed E-state index contributed by atoms with van der Waals surface area (Å²) in [7, 11) is 0. The van der Waals surface area contributed by atoms with E-state index >= 15 is 0 Å². The number of rotatable bonds is 1. The zero-order chi connectivity index (χ0) is 6.85. The molecule has 0 aromatic rings. The van der Waals surface area contributed by atoms with E-state index in [2.05, 4.69) is 0 Å². The second kappa shape index (κ2) is 4.66. The normalized spacial score (nSPS) is 39.3. The molecule has 0 aromatic carbocycles. The van der Waals surface area contributed by atoms with E-state index in [9.17, 15) is 0 Å². The molecule has 0 aromatic heterocycles. The van der Waals surface area contributed by atoms with Gasteiger partial charge in [-0.15, -0.1) is 0 Å². The predicted molar refractivity (Wildman–Crippen MR) is 36.0 cm³/mol. The van der Waals surface area contributed by atoms with Gasteiger partial charge in [0.25, 0.3) is 0 Å². The number of aliphatic hydroxyl groups is 3. The Hall–Kier alpha value is 0.840. The van der Waals surface area contributed by atoms with E-state index in [0.717, 1.165) is 0 Å².